The fourth-order valence-electron chi connectivity index (χ4n) is 5.92. The molecule has 1 amide bonds. The van der Waals surface area contributed by atoms with Gasteiger partial charge in [-0.05, 0) is 74.9 Å². The number of hydrogen-bond acceptors (Lipinski definition) is 3. The second kappa shape index (κ2) is 7.79. The molecule has 0 bridgehead atoms. The third-order valence-electron chi connectivity index (χ3n) is 7.74. The minimum atomic E-state index is 0.367. The number of rotatable bonds is 4. The molecule has 1 saturated carbocycles. The minimum Gasteiger partial charge on any atom is -0.342 e. The van der Waals surface area contributed by atoms with Crippen LogP contribution in [0.15, 0.2) is 30.3 Å². The highest BCUT2D eigenvalue weighted by molar-refractivity contribution is 5.78. The van der Waals surface area contributed by atoms with Gasteiger partial charge in [-0.15, -0.1) is 0 Å². The van der Waals surface area contributed by atoms with Crippen LogP contribution in [0.3, 0.4) is 0 Å². The van der Waals surface area contributed by atoms with Crippen LogP contribution >= 0.6 is 0 Å². The summed E-state index contributed by atoms with van der Waals surface area (Å²) in [6.07, 6.45) is 8.96. The van der Waals surface area contributed by atoms with Crippen LogP contribution < -0.4 is 0 Å². The summed E-state index contributed by atoms with van der Waals surface area (Å²) in [6.45, 7) is 7.29. The van der Waals surface area contributed by atoms with Gasteiger partial charge < -0.3 is 4.90 Å². The van der Waals surface area contributed by atoms with E-state index in [0.29, 0.717) is 23.8 Å². The molecule has 3 heterocycles. The standard InChI is InChI=1S/C24H35N3O/c28-23(18-25-12-4-5-13-25)26-14-10-24(11-15-26)16-21(20-6-2-1-3-7-20)17-27(19-24)22-8-9-22/h1-3,6-7,21-22H,4-5,8-19H2/t21-/m1/s1. The third kappa shape index (κ3) is 3.99. The van der Waals surface area contributed by atoms with Crippen molar-refractivity contribution in [3.8, 4) is 0 Å². The maximum absolute atomic E-state index is 12.8. The number of carbonyl (C=O) groups excluding carboxylic acids is 1. The Labute approximate surface area is 169 Å². The Hall–Kier alpha value is -1.39. The lowest BCUT2D eigenvalue weighted by Gasteiger charge is -2.50. The summed E-state index contributed by atoms with van der Waals surface area (Å²) in [5.41, 5.74) is 1.92. The molecule has 1 aliphatic carbocycles. The molecule has 0 radical (unpaired) electrons. The summed E-state index contributed by atoms with van der Waals surface area (Å²) >= 11 is 0. The first-order valence-electron chi connectivity index (χ1n) is 11.5. The summed E-state index contributed by atoms with van der Waals surface area (Å²) in [7, 11) is 0. The number of piperidine rings is 2. The van der Waals surface area contributed by atoms with Gasteiger partial charge in [0.2, 0.25) is 5.91 Å². The van der Waals surface area contributed by atoms with E-state index in [9.17, 15) is 4.79 Å². The second-order valence-corrected chi connectivity index (χ2v) is 9.84. The first-order valence-corrected chi connectivity index (χ1v) is 11.5. The maximum atomic E-state index is 12.8. The van der Waals surface area contributed by atoms with Crippen LogP contribution in [-0.4, -0.2) is 72.5 Å². The van der Waals surface area contributed by atoms with Gasteiger partial charge in [0, 0.05) is 32.2 Å². The van der Waals surface area contributed by atoms with Gasteiger partial charge in [0.25, 0.3) is 0 Å². The highest BCUT2D eigenvalue weighted by Crippen LogP contribution is 2.47. The molecule has 1 atom stereocenters. The van der Waals surface area contributed by atoms with E-state index in [1.165, 1.54) is 63.6 Å². The largest absolute Gasteiger partial charge is 0.342 e. The molecule has 28 heavy (non-hydrogen) atoms. The molecule has 152 valence electrons. The lowest BCUT2D eigenvalue weighted by molar-refractivity contribution is -0.135. The SMILES string of the molecule is O=C(CN1CCCC1)N1CCC2(CC1)C[C@@H](c1ccccc1)CN(C1CC1)C2. The Bertz CT molecular complexity index is 672. The zero-order chi connectivity index (χ0) is 19.0. The summed E-state index contributed by atoms with van der Waals surface area (Å²) in [6, 6.07) is 12.0. The predicted molar refractivity (Wildman–Crippen MR) is 112 cm³/mol. The Morgan fingerprint density at radius 3 is 2.39 bits per heavy atom. The summed E-state index contributed by atoms with van der Waals surface area (Å²) in [5, 5.41) is 0. The van der Waals surface area contributed by atoms with E-state index in [0.717, 1.165) is 32.2 Å². The molecular weight excluding hydrogens is 346 g/mol. The molecule has 4 aliphatic rings. The topological polar surface area (TPSA) is 26.8 Å². The van der Waals surface area contributed by atoms with Gasteiger partial charge in [-0.1, -0.05) is 30.3 Å². The minimum absolute atomic E-state index is 0.367. The van der Waals surface area contributed by atoms with Gasteiger partial charge in [0.1, 0.15) is 0 Å². The quantitative estimate of drug-likeness (QED) is 0.800. The highest BCUT2D eigenvalue weighted by atomic mass is 16.2. The van der Waals surface area contributed by atoms with E-state index in [1.54, 1.807) is 0 Å². The van der Waals surface area contributed by atoms with Crippen LogP contribution in [0.2, 0.25) is 0 Å². The van der Waals surface area contributed by atoms with E-state index in [4.69, 9.17) is 0 Å². The van der Waals surface area contributed by atoms with E-state index in [-0.39, 0.29) is 0 Å². The molecule has 0 aromatic heterocycles. The van der Waals surface area contributed by atoms with Crippen LogP contribution in [0.25, 0.3) is 0 Å². The smallest absolute Gasteiger partial charge is 0.236 e. The predicted octanol–water partition coefficient (Wildman–Crippen LogP) is 3.34. The average Bonchev–Trinajstić information content (AvgIpc) is 3.46. The molecular formula is C24H35N3O. The van der Waals surface area contributed by atoms with Crippen LogP contribution in [-0.2, 0) is 4.79 Å². The summed E-state index contributed by atoms with van der Waals surface area (Å²) in [5.74, 6) is 1.02. The number of amides is 1. The molecule has 1 aromatic rings. The normalized spacial score (nSPS) is 28.7. The van der Waals surface area contributed by atoms with Crippen molar-refractivity contribution in [1.29, 1.82) is 0 Å². The fourth-order valence-corrected chi connectivity index (χ4v) is 5.92. The van der Waals surface area contributed by atoms with Gasteiger partial charge in [0.15, 0.2) is 0 Å². The fraction of sp³-hybridized carbons (Fsp3) is 0.708. The molecule has 0 unspecified atom stereocenters. The Morgan fingerprint density at radius 1 is 1.00 bits per heavy atom. The molecule has 1 spiro atoms. The molecule has 3 saturated heterocycles. The second-order valence-electron chi connectivity index (χ2n) is 9.84. The van der Waals surface area contributed by atoms with Crippen molar-refractivity contribution in [2.45, 2.75) is 56.9 Å². The monoisotopic (exact) mass is 381 g/mol. The van der Waals surface area contributed by atoms with Crippen molar-refractivity contribution in [2.75, 3.05) is 45.8 Å². The zero-order valence-electron chi connectivity index (χ0n) is 17.2. The van der Waals surface area contributed by atoms with Crippen LogP contribution in [0.4, 0.5) is 0 Å². The number of carbonyl (C=O) groups is 1. The molecule has 5 rings (SSSR count). The van der Waals surface area contributed by atoms with E-state index >= 15 is 0 Å². The van der Waals surface area contributed by atoms with Gasteiger partial charge in [-0.2, -0.15) is 0 Å². The van der Waals surface area contributed by atoms with Crippen molar-refractivity contribution in [1.82, 2.24) is 14.7 Å². The average molecular weight is 382 g/mol. The first kappa shape index (κ1) is 18.6. The Kier molecular flexibility index (Phi) is 5.18. The van der Waals surface area contributed by atoms with Gasteiger partial charge >= 0.3 is 0 Å². The molecule has 1 aromatic carbocycles. The van der Waals surface area contributed by atoms with E-state index in [1.807, 2.05) is 0 Å². The number of benzene rings is 1. The molecule has 0 N–H and O–H groups in total. The zero-order valence-corrected chi connectivity index (χ0v) is 17.2. The van der Waals surface area contributed by atoms with Crippen LogP contribution in [0.5, 0.6) is 0 Å². The van der Waals surface area contributed by atoms with Crippen molar-refractivity contribution in [3.05, 3.63) is 35.9 Å². The molecule has 4 heteroatoms. The Morgan fingerprint density at radius 2 is 1.71 bits per heavy atom. The summed E-state index contributed by atoms with van der Waals surface area (Å²) in [4.78, 5) is 20.1. The number of likely N-dealkylation sites (tertiary alicyclic amines) is 3. The number of hydrogen-bond donors (Lipinski definition) is 0. The lowest BCUT2D eigenvalue weighted by atomic mass is 9.68. The van der Waals surface area contributed by atoms with E-state index < -0.39 is 0 Å². The Balaban J connectivity index is 1.24. The first-order chi connectivity index (χ1) is 13.7. The maximum Gasteiger partial charge on any atom is 0.236 e. The van der Waals surface area contributed by atoms with Gasteiger partial charge in [-0.25, -0.2) is 0 Å². The van der Waals surface area contributed by atoms with Crippen LogP contribution in [0.1, 0.15) is 56.4 Å². The van der Waals surface area contributed by atoms with Gasteiger partial charge in [-0.3, -0.25) is 14.6 Å². The molecule has 4 nitrogen and oxygen atoms in total. The summed E-state index contributed by atoms with van der Waals surface area (Å²) < 4.78 is 0. The highest BCUT2D eigenvalue weighted by Gasteiger charge is 2.46. The van der Waals surface area contributed by atoms with Crippen molar-refractivity contribution >= 4 is 5.91 Å². The third-order valence-corrected chi connectivity index (χ3v) is 7.74. The van der Waals surface area contributed by atoms with Crippen molar-refractivity contribution < 1.29 is 4.79 Å². The van der Waals surface area contributed by atoms with Crippen molar-refractivity contribution in [2.24, 2.45) is 5.41 Å². The molecule has 4 fully saturated rings. The lowest BCUT2D eigenvalue weighted by Crippen LogP contribution is -2.53. The van der Waals surface area contributed by atoms with Gasteiger partial charge in [0.05, 0.1) is 6.54 Å². The number of nitrogens with zero attached hydrogens (tertiary/aromatic N) is 3. The van der Waals surface area contributed by atoms with Crippen LogP contribution in [0, 0.1) is 5.41 Å². The van der Waals surface area contributed by atoms with Crippen molar-refractivity contribution in [3.63, 3.8) is 0 Å². The molecule has 3 aliphatic heterocycles. The van der Waals surface area contributed by atoms with E-state index in [2.05, 4.69) is 45.0 Å².